The van der Waals surface area contributed by atoms with E-state index >= 15 is 0 Å². The standard InChI is InChI=1S/C5H10N4OS/c1-3(2)11(10)5-7-4(6)8-9-5/h3H,1-2H3,(H3,6,7,8,9). The molecule has 0 bridgehead atoms. The Morgan fingerprint density at radius 2 is 2.27 bits per heavy atom. The van der Waals surface area contributed by atoms with Crippen LogP contribution in [0.25, 0.3) is 0 Å². The number of hydrogen-bond acceptors (Lipinski definition) is 4. The van der Waals surface area contributed by atoms with Crippen LogP contribution >= 0.6 is 0 Å². The Hall–Kier alpha value is -0.910. The van der Waals surface area contributed by atoms with Gasteiger partial charge in [0.05, 0.1) is 10.8 Å². The molecule has 5 nitrogen and oxygen atoms in total. The fraction of sp³-hybridized carbons (Fsp3) is 0.600. The normalized spacial score (nSPS) is 13.7. The van der Waals surface area contributed by atoms with Crippen molar-refractivity contribution in [3.63, 3.8) is 0 Å². The van der Waals surface area contributed by atoms with Crippen LogP contribution in [0.2, 0.25) is 0 Å². The Labute approximate surface area is 66.9 Å². The van der Waals surface area contributed by atoms with Gasteiger partial charge in [-0.15, -0.1) is 5.10 Å². The second kappa shape index (κ2) is 3.00. The molecule has 1 heterocycles. The number of nitrogens with two attached hydrogens (primary N) is 1. The van der Waals surface area contributed by atoms with Gasteiger partial charge in [-0.2, -0.15) is 4.98 Å². The number of nitrogens with one attached hydrogen (secondary N) is 1. The number of nitrogens with zero attached hydrogens (tertiary/aromatic N) is 2. The molecule has 0 saturated heterocycles. The zero-order valence-electron chi connectivity index (χ0n) is 6.37. The zero-order chi connectivity index (χ0) is 8.43. The van der Waals surface area contributed by atoms with E-state index in [0.717, 1.165) is 0 Å². The summed E-state index contributed by atoms with van der Waals surface area (Å²) >= 11 is 0. The van der Waals surface area contributed by atoms with Crippen molar-refractivity contribution in [2.45, 2.75) is 24.3 Å². The lowest BCUT2D eigenvalue weighted by atomic mass is 10.6. The van der Waals surface area contributed by atoms with Crippen molar-refractivity contribution in [2.75, 3.05) is 5.73 Å². The number of rotatable bonds is 2. The summed E-state index contributed by atoms with van der Waals surface area (Å²) in [7, 11) is -1.12. The van der Waals surface area contributed by atoms with Crippen LogP contribution in [0.15, 0.2) is 5.16 Å². The first-order valence-corrected chi connectivity index (χ1v) is 4.41. The first-order chi connectivity index (χ1) is 5.11. The minimum atomic E-state index is -1.12. The highest BCUT2D eigenvalue weighted by atomic mass is 32.2. The van der Waals surface area contributed by atoms with Crippen molar-refractivity contribution in [3.8, 4) is 0 Å². The van der Waals surface area contributed by atoms with Gasteiger partial charge in [-0.25, -0.2) is 0 Å². The Balaban J connectivity index is 2.85. The van der Waals surface area contributed by atoms with Gasteiger partial charge in [0.1, 0.15) is 0 Å². The molecule has 0 amide bonds. The van der Waals surface area contributed by atoms with Crippen molar-refractivity contribution >= 4 is 16.7 Å². The summed E-state index contributed by atoms with van der Waals surface area (Å²) in [5.74, 6) is 0.133. The molecule has 0 aliphatic rings. The van der Waals surface area contributed by atoms with Gasteiger partial charge in [0.2, 0.25) is 11.1 Å². The second-order valence-electron chi connectivity index (χ2n) is 2.34. The predicted molar refractivity (Wildman–Crippen MR) is 42.3 cm³/mol. The highest BCUT2D eigenvalue weighted by molar-refractivity contribution is 7.85. The smallest absolute Gasteiger partial charge is 0.240 e. The zero-order valence-corrected chi connectivity index (χ0v) is 7.18. The average molecular weight is 174 g/mol. The summed E-state index contributed by atoms with van der Waals surface area (Å²) in [6, 6.07) is 0. The largest absolute Gasteiger partial charge is 0.366 e. The third-order valence-electron chi connectivity index (χ3n) is 1.10. The van der Waals surface area contributed by atoms with E-state index in [1.165, 1.54) is 0 Å². The minimum absolute atomic E-state index is 0.0300. The van der Waals surface area contributed by atoms with E-state index in [0.29, 0.717) is 5.16 Å². The molecule has 0 aliphatic heterocycles. The predicted octanol–water partition coefficient (Wildman–Crippen LogP) is -0.0971. The topological polar surface area (TPSA) is 84.7 Å². The van der Waals surface area contributed by atoms with E-state index in [1.807, 2.05) is 13.8 Å². The van der Waals surface area contributed by atoms with Crippen LogP contribution in [0.5, 0.6) is 0 Å². The molecule has 0 spiro atoms. The highest BCUT2D eigenvalue weighted by Crippen LogP contribution is 2.05. The average Bonchev–Trinajstić information content (AvgIpc) is 2.34. The first kappa shape index (κ1) is 8.19. The van der Waals surface area contributed by atoms with Gasteiger partial charge in [0.15, 0.2) is 0 Å². The summed E-state index contributed by atoms with van der Waals surface area (Å²) in [5, 5.41) is 6.44. The lowest BCUT2D eigenvalue weighted by Crippen LogP contribution is -2.07. The summed E-state index contributed by atoms with van der Waals surface area (Å²) in [6.45, 7) is 3.68. The maximum Gasteiger partial charge on any atom is 0.240 e. The maximum absolute atomic E-state index is 11.3. The van der Waals surface area contributed by atoms with Crippen LogP contribution < -0.4 is 5.73 Å². The molecule has 3 N–H and O–H groups in total. The third kappa shape index (κ3) is 1.76. The van der Waals surface area contributed by atoms with Crippen molar-refractivity contribution in [1.82, 2.24) is 15.2 Å². The third-order valence-corrected chi connectivity index (χ3v) is 2.52. The monoisotopic (exact) mass is 174 g/mol. The summed E-state index contributed by atoms with van der Waals surface area (Å²) < 4.78 is 11.3. The molecule has 0 fully saturated rings. The van der Waals surface area contributed by atoms with E-state index in [2.05, 4.69) is 15.2 Å². The van der Waals surface area contributed by atoms with Crippen LogP contribution in [-0.4, -0.2) is 24.6 Å². The molecule has 62 valence electrons. The summed E-state index contributed by atoms with van der Waals surface area (Å²) in [6.07, 6.45) is 0. The summed E-state index contributed by atoms with van der Waals surface area (Å²) in [5.41, 5.74) is 5.23. The Bertz CT molecular complexity index is 269. The Morgan fingerprint density at radius 1 is 1.64 bits per heavy atom. The number of anilines is 1. The molecular weight excluding hydrogens is 164 g/mol. The molecule has 1 aromatic heterocycles. The van der Waals surface area contributed by atoms with Crippen molar-refractivity contribution < 1.29 is 4.21 Å². The van der Waals surface area contributed by atoms with E-state index in [9.17, 15) is 4.21 Å². The lowest BCUT2D eigenvalue weighted by Gasteiger charge is -1.98. The molecule has 0 aliphatic carbocycles. The van der Waals surface area contributed by atoms with Crippen LogP contribution in [-0.2, 0) is 10.8 Å². The van der Waals surface area contributed by atoms with Gasteiger partial charge < -0.3 is 5.73 Å². The second-order valence-corrected chi connectivity index (χ2v) is 4.27. The van der Waals surface area contributed by atoms with Gasteiger partial charge >= 0.3 is 0 Å². The van der Waals surface area contributed by atoms with Crippen LogP contribution in [0.4, 0.5) is 5.95 Å². The van der Waals surface area contributed by atoms with Gasteiger partial charge in [-0.1, -0.05) is 13.8 Å². The van der Waals surface area contributed by atoms with Crippen LogP contribution in [0.1, 0.15) is 13.8 Å². The quantitative estimate of drug-likeness (QED) is 0.655. The van der Waals surface area contributed by atoms with E-state index in [1.54, 1.807) is 0 Å². The van der Waals surface area contributed by atoms with Crippen LogP contribution in [0.3, 0.4) is 0 Å². The Kier molecular flexibility index (Phi) is 2.23. The van der Waals surface area contributed by atoms with E-state index in [-0.39, 0.29) is 11.2 Å². The number of aromatic nitrogens is 3. The minimum Gasteiger partial charge on any atom is -0.366 e. The fourth-order valence-corrected chi connectivity index (χ4v) is 1.34. The van der Waals surface area contributed by atoms with Crippen molar-refractivity contribution in [3.05, 3.63) is 0 Å². The molecule has 1 unspecified atom stereocenters. The van der Waals surface area contributed by atoms with Gasteiger partial charge in [-0.05, 0) is 0 Å². The molecule has 1 aromatic rings. The van der Waals surface area contributed by atoms with Crippen molar-refractivity contribution in [1.29, 1.82) is 0 Å². The highest BCUT2D eigenvalue weighted by Gasteiger charge is 2.11. The van der Waals surface area contributed by atoms with Crippen molar-refractivity contribution in [2.24, 2.45) is 0 Å². The fourth-order valence-electron chi connectivity index (χ4n) is 0.572. The maximum atomic E-state index is 11.3. The van der Waals surface area contributed by atoms with E-state index < -0.39 is 10.8 Å². The lowest BCUT2D eigenvalue weighted by molar-refractivity contribution is 0.669. The molecule has 11 heavy (non-hydrogen) atoms. The molecule has 1 rings (SSSR count). The van der Waals surface area contributed by atoms with Gasteiger partial charge in [0, 0.05) is 5.25 Å². The van der Waals surface area contributed by atoms with Gasteiger partial charge in [-0.3, -0.25) is 9.31 Å². The molecular formula is C5H10N4OS. The first-order valence-electron chi connectivity index (χ1n) is 3.19. The molecule has 0 aromatic carbocycles. The molecule has 0 saturated carbocycles. The number of H-pyrrole nitrogens is 1. The van der Waals surface area contributed by atoms with Gasteiger partial charge in [0.25, 0.3) is 0 Å². The number of nitrogen functional groups attached to an aromatic ring is 1. The van der Waals surface area contributed by atoms with E-state index in [4.69, 9.17) is 5.73 Å². The molecule has 0 radical (unpaired) electrons. The number of hydrogen-bond donors (Lipinski definition) is 2. The SMILES string of the molecule is CC(C)S(=O)c1nc(N)n[nH]1. The number of aromatic amines is 1. The van der Waals surface area contributed by atoms with Crippen LogP contribution in [0, 0.1) is 0 Å². The molecule has 1 atom stereocenters. The summed E-state index contributed by atoms with van der Waals surface area (Å²) in [4.78, 5) is 3.74. The Morgan fingerprint density at radius 3 is 2.64 bits per heavy atom. The molecule has 6 heteroatoms.